The van der Waals surface area contributed by atoms with Crippen LogP contribution in [-0.2, 0) is 14.8 Å². The fourth-order valence-electron chi connectivity index (χ4n) is 2.29. The smallest absolute Gasteiger partial charge is 0.339 e. The summed E-state index contributed by atoms with van der Waals surface area (Å²) in [4.78, 5) is 12.1. The Bertz CT molecular complexity index is 978. The Hall–Kier alpha value is -2.00. The molecule has 0 heterocycles. The molecular formula is C20H23Cl2NO6S. The summed E-state index contributed by atoms with van der Waals surface area (Å²) in [5.74, 6) is 0.595. The number of halogens is 2. The van der Waals surface area contributed by atoms with Gasteiger partial charge in [-0.25, -0.2) is 17.9 Å². The standard InChI is InChI=1S/C20H23Cl2NO6S/c1-13(2)12-23-30(25,26)19-10-16(17(21)11-18(19)22)20(24)29-9-8-28-15-6-4-14(27-3)5-7-15/h4-7,10-11,13,23H,8-9,12H2,1-3H3. The maximum Gasteiger partial charge on any atom is 0.339 e. The summed E-state index contributed by atoms with van der Waals surface area (Å²) in [6.45, 7) is 4.00. The van der Waals surface area contributed by atoms with Crippen molar-refractivity contribution in [2.24, 2.45) is 5.92 Å². The van der Waals surface area contributed by atoms with Gasteiger partial charge in [0.15, 0.2) is 0 Å². The average molecular weight is 476 g/mol. The summed E-state index contributed by atoms with van der Waals surface area (Å²) in [7, 11) is -2.35. The normalized spacial score (nSPS) is 11.4. The first-order valence-corrected chi connectivity index (χ1v) is 11.3. The Morgan fingerprint density at radius 1 is 1.03 bits per heavy atom. The van der Waals surface area contributed by atoms with Gasteiger partial charge in [0, 0.05) is 6.54 Å². The van der Waals surface area contributed by atoms with Gasteiger partial charge in [-0.1, -0.05) is 37.0 Å². The van der Waals surface area contributed by atoms with Crippen LogP contribution in [0, 0.1) is 5.92 Å². The first-order chi connectivity index (χ1) is 14.1. The molecule has 0 aromatic heterocycles. The van der Waals surface area contributed by atoms with Gasteiger partial charge in [0.05, 0.1) is 22.7 Å². The van der Waals surface area contributed by atoms with Crippen LogP contribution in [0.5, 0.6) is 11.5 Å². The fraction of sp³-hybridized carbons (Fsp3) is 0.350. The van der Waals surface area contributed by atoms with Crippen LogP contribution in [0.25, 0.3) is 0 Å². The summed E-state index contributed by atoms with van der Waals surface area (Å²) >= 11 is 12.1. The highest BCUT2D eigenvalue weighted by Gasteiger charge is 2.23. The molecule has 0 saturated heterocycles. The topological polar surface area (TPSA) is 90.9 Å². The third-order valence-electron chi connectivity index (χ3n) is 3.86. The molecule has 0 unspecified atom stereocenters. The van der Waals surface area contributed by atoms with Crippen LogP contribution in [-0.4, -0.2) is 41.3 Å². The van der Waals surface area contributed by atoms with E-state index in [9.17, 15) is 13.2 Å². The van der Waals surface area contributed by atoms with Crippen LogP contribution in [0.4, 0.5) is 0 Å². The summed E-state index contributed by atoms with van der Waals surface area (Å²) < 4.78 is 43.1. The predicted molar refractivity (Wildman–Crippen MR) is 115 cm³/mol. The maximum atomic E-state index is 12.5. The van der Waals surface area contributed by atoms with Crippen molar-refractivity contribution in [3.8, 4) is 11.5 Å². The largest absolute Gasteiger partial charge is 0.497 e. The molecule has 0 saturated carbocycles. The number of benzene rings is 2. The Labute approximate surface area is 186 Å². The van der Waals surface area contributed by atoms with E-state index in [2.05, 4.69) is 4.72 Å². The monoisotopic (exact) mass is 475 g/mol. The number of sulfonamides is 1. The van der Waals surface area contributed by atoms with Gasteiger partial charge in [0.1, 0.15) is 29.6 Å². The van der Waals surface area contributed by atoms with Gasteiger partial charge in [0.2, 0.25) is 10.0 Å². The molecule has 2 rings (SSSR count). The van der Waals surface area contributed by atoms with E-state index in [4.69, 9.17) is 37.4 Å². The molecule has 10 heteroatoms. The van der Waals surface area contributed by atoms with Crippen LogP contribution in [0.15, 0.2) is 41.3 Å². The Kier molecular flexibility index (Phi) is 8.78. The summed E-state index contributed by atoms with van der Waals surface area (Å²) in [6.07, 6.45) is 0. The van der Waals surface area contributed by atoms with Crippen molar-refractivity contribution < 1.29 is 27.4 Å². The molecule has 0 bridgehead atoms. The quantitative estimate of drug-likeness (QED) is 0.409. The summed E-state index contributed by atoms with van der Waals surface area (Å²) in [5.41, 5.74) is -0.101. The van der Waals surface area contributed by atoms with E-state index in [1.54, 1.807) is 31.4 Å². The molecule has 0 amide bonds. The molecule has 0 radical (unpaired) electrons. The van der Waals surface area contributed by atoms with Gasteiger partial charge >= 0.3 is 5.97 Å². The highest BCUT2D eigenvalue weighted by Crippen LogP contribution is 2.29. The van der Waals surface area contributed by atoms with Crippen molar-refractivity contribution in [1.82, 2.24) is 4.72 Å². The number of hydrogen-bond acceptors (Lipinski definition) is 6. The van der Waals surface area contributed by atoms with E-state index in [0.29, 0.717) is 11.5 Å². The van der Waals surface area contributed by atoms with E-state index in [-0.39, 0.29) is 46.2 Å². The molecule has 30 heavy (non-hydrogen) atoms. The number of ether oxygens (including phenoxy) is 3. The highest BCUT2D eigenvalue weighted by atomic mass is 35.5. The predicted octanol–water partition coefficient (Wildman–Crippen LogP) is 4.17. The molecule has 0 fully saturated rings. The number of esters is 1. The van der Waals surface area contributed by atoms with Gasteiger partial charge in [-0.15, -0.1) is 0 Å². The van der Waals surface area contributed by atoms with Crippen molar-refractivity contribution in [3.05, 3.63) is 52.0 Å². The lowest BCUT2D eigenvalue weighted by molar-refractivity contribution is 0.0450. The van der Waals surface area contributed by atoms with Crippen LogP contribution in [0.3, 0.4) is 0 Å². The second-order valence-electron chi connectivity index (χ2n) is 6.67. The van der Waals surface area contributed by atoms with Gasteiger partial charge < -0.3 is 14.2 Å². The van der Waals surface area contributed by atoms with Crippen molar-refractivity contribution in [1.29, 1.82) is 0 Å². The first-order valence-electron chi connectivity index (χ1n) is 9.06. The first kappa shape index (κ1) is 24.3. The van der Waals surface area contributed by atoms with Gasteiger partial charge in [-0.3, -0.25) is 0 Å². The van der Waals surface area contributed by atoms with Crippen LogP contribution < -0.4 is 14.2 Å². The zero-order valence-electron chi connectivity index (χ0n) is 16.8. The molecule has 0 aliphatic rings. The minimum atomic E-state index is -3.91. The Balaban J connectivity index is 2.02. The van der Waals surface area contributed by atoms with Crippen LogP contribution in [0.2, 0.25) is 10.0 Å². The number of carbonyl (C=O) groups is 1. The van der Waals surface area contributed by atoms with E-state index >= 15 is 0 Å². The number of carbonyl (C=O) groups excluding carboxylic acids is 1. The molecule has 0 aliphatic carbocycles. The molecule has 0 aliphatic heterocycles. The van der Waals surface area contributed by atoms with Crippen LogP contribution >= 0.6 is 23.2 Å². The van der Waals surface area contributed by atoms with Crippen LogP contribution in [0.1, 0.15) is 24.2 Å². The van der Waals surface area contributed by atoms with Gasteiger partial charge in [0.25, 0.3) is 0 Å². The van der Waals surface area contributed by atoms with Crippen molar-refractivity contribution in [2.45, 2.75) is 18.7 Å². The Morgan fingerprint density at radius 2 is 1.67 bits per heavy atom. The SMILES string of the molecule is COc1ccc(OCCOC(=O)c2cc(S(=O)(=O)NCC(C)C)c(Cl)cc2Cl)cc1. The molecular weight excluding hydrogens is 453 g/mol. The minimum Gasteiger partial charge on any atom is -0.497 e. The zero-order chi connectivity index (χ0) is 22.3. The summed E-state index contributed by atoms with van der Waals surface area (Å²) in [5, 5.41) is -0.0977. The maximum absolute atomic E-state index is 12.5. The molecule has 164 valence electrons. The number of hydrogen-bond donors (Lipinski definition) is 1. The lowest BCUT2D eigenvalue weighted by Crippen LogP contribution is -2.28. The molecule has 2 aromatic carbocycles. The van der Waals surface area contributed by atoms with Crippen molar-refractivity contribution in [3.63, 3.8) is 0 Å². The number of methoxy groups -OCH3 is 1. The van der Waals surface area contributed by atoms with Gasteiger partial charge in [-0.2, -0.15) is 0 Å². The summed E-state index contributed by atoms with van der Waals surface area (Å²) in [6, 6.07) is 9.24. The lowest BCUT2D eigenvalue weighted by atomic mass is 10.2. The minimum absolute atomic E-state index is 0.0103. The molecule has 0 atom stereocenters. The van der Waals surface area contributed by atoms with E-state index in [1.807, 2.05) is 13.8 Å². The van der Waals surface area contributed by atoms with E-state index < -0.39 is 16.0 Å². The van der Waals surface area contributed by atoms with E-state index in [1.165, 1.54) is 6.07 Å². The highest BCUT2D eigenvalue weighted by molar-refractivity contribution is 7.89. The molecule has 7 nitrogen and oxygen atoms in total. The molecule has 1 N–H and O–H groups in total. The molecule has 2 aromatic rings. The third kappa shape index (κ3) is 6.77. The number of nitrogens with one attached hydrogen (secondary N) is 1. The zero-order valence-corrected chi connectivity index (χ0v) is 19.1. The Morgan fingerprint density at radius 3 is 2.27 bits per heavy atom. The van der Waals surface area contributed by atoms with Crippen molar-refractivity contribution >= 4 is 39.2 Å². The van der Waals surface area contributed by atoms with E-state index in [0.717, 1.165) is 6.07 Å². The number of rotatable bonds is 10. The average Bonchev–Trinajstić information content (AvgIpc) is 2.70. The van der Waals surface area contributed by atoms with Gasteiger partial charge in [-0.05, 0) is 42.3 Å². The third-order valence-corrected chi connectivity index (χ3v) is 6.06. The molecule has 0 spiro atoms. The second-order valence-corrected chi connectivity index (χ2v) is 9.22. The van der Waals surface area contributed by atoms with Crippen molar-refractivity contribution in [2.75, 3.05) is 26.9 Å². The fourth-order valence-corrected chi connectivity index (χ4v) is 4.35. The second kappa shape index (κ2) is 10.9. The lowest BCUT2D eigenvalue weighted by Gasteiger charge is -2.13.